The third kappa shape index (κ3) is 6.23. The van der Waals surface area contributed by atoms with Crippen LogP contribution >= 0.6 is 0 Å². The first-order chi connectivity index (χ1) is 9.44. The van der Waals surface area contributed by atoms with E-state index in [-0.39, 0.29) is 17.6 Å². The van der Waals surface area contributed by atoms with Crippen LogP contribution in [-0.4, -0.2) is 17.8 Å². The molecule has 0 bridgehead atoms. The van der Waals surface area contributed by atoms with Crippen molar-refractivity contribution in [3.8, 4) is 12.3 Å². The van der Waals surface area contributed by atoms with E-state index in [2.05, 4.69) is 49.4 Å². The molecule has 20 heavy (non-hydrogen) atoms. The Labute approximate surface area is 123 Å². The zero-order valence-electron chi connectivity index (χ0n) is 12.9. The van der Waals surface area contributed by atoms with Crippen LogP contribution in [0.5, 0.6) is 0 Å². The van der Waals surface area contributed by atoms with Crippen molar-refractivity contribution in [2.24, 2.45) is 5.41 Å². The molecule has 0 heterocycles. The van der Waals surface area contributed by atoms with Gasteiger partial charge in [-0.2, -0.15) is 0 Å². The fourth-order valence-corrected chi connectivity index (χ4v) is 2.57. The molecule has 0 spiro atoms. The maximum Gasteiger partial charge on any atom is 0.0517 e. The van der Waals surface area contributed by atoms with E-state index >= 15 is 0 Å². The Balaban J connectivity index is 2.64. The van der Waals surface area contributed by atoms with E-state index in [1.165, 1.54) is 5.56 Å². The van der Waals surface area contributed by atoms with Crippen LogP contribution < -0.4 is 5.32 Å². The highest BCUT2D eigenvalue weighted by Gasteiger charge is 2.22. The molecule has 1 aromatic rings. The van der Waals surface area contributed by atoms with Gasteiger partial charge < -0.3 is 10.4 Å². The molecule has 1 aromatic carbocycles. The van der Waals surface area contributed by atoms with E-state index in [0.29, 0.717) is 0 Å². The van der Waals surface area contributed by atoms with E-state index in [1.807, 2.05) is 13.0 Å². The third-order valence-corrected chi connectivity index (χ3v) is 3.45. The smallest absolute Gasteiger partial charge is 0.0517 e. The summed E-state index contributed by atoms with van der Waals surface area (Å²) in [6.07, 6.45) is 7.61. The Kier molecular flexibility index (Phi) is 6.78. The first-order valence-corrected chi connectivity index (χ1v) is 7.34. The largest absolute Gasteiger partial charge is 0.393 e. The maximum atomic E-state index is 9.56. The first-order valence-electron chi connectivity index (χ1n) is 7.34. The molecule has 2 atom stereocenters. The van der Waals surface area contributed by atoms with Gasteiger partial charge in [0.1, 0.15) is 0 Å². The topological polar surface area (TPSA) is 32.3 Å². The number of hydrogen-bond donors (Lipinski definition) is 2. The predicted octanol–water partition coefficient (Wildman–Crippen LogP) is 3.53. The van der Waals surface area contributed by atoms with Crippen molar-refractivity contribution in [1.29, 1.82) is 0 Å². The lowest BCUT2D eigenvalue weighted by molar-refractivity contribution is 0.126. The van der Waals surface area contributed by atoms with E-state index in [4.69, 9.17) is 6.42 Å². The SMILES string of the molecule is C#CCCC(NCC(C)(C)CC(C)O)c1ccccc1. The number of nitrogens with one attached hydrogen (secondary N) is 1. The molecule has 110 valence electrons. The highest BCUT2D eigenvalue weighted by molar-refractivity contribution is 5.19. The normalized spacial score (nSPS) is 14.6. The summed E-state index contributed by atoms with van der Waals surface area (Å²) in [5.41, 5.74) is 1.34. The van der Waals surface area contributed by atoms with Gasteiger partial charge in [-0.15, -0.1) is 12.3 Å². The van der Waals surface area contributed by atoms with Crippen LogP contribution in [-0.2, 0) is 0 Å². The Bertz CT molecular complexity index is 417. The van der Waals surface area contributed by atoms with Crippen LogP contribution in [0.3, 0.4) is 0 Å². The molecule has 2 nitrogen and oxygen atoms in total. The molecular formula is C18H27NO. The highest BCUT2D eigenvalue weighted by atomic mass is 16.3. The third-order valence-electron chi connectivity index (χ3n) is 3.45. The van der Waals surface area contributed by atoms with Crippen molar-refractivity contribution < 1.29 is 5.11 Å². The number of rotatable bonds is 8. The Morgan fingerprint density at radius 2 is 1.95 bits per heavy atom. The number of hydrogen-bond acceptors (Lipinski definition) is 2. The van der Waals surface area contributed by atoms with Gasteiger partial charge >= 0.3 is 0 Å². The Morgan fingerprint density at radius 3 is 2.50 bits per heavy atom. The van der Waals surface area contributed by atoms with Gasteiger partial charge in [0.05, 0.1) is 6.10 Å². The first kappa shape index (κ1) is 16.8. The molecule has 0 aliphatic heterocycles. The molecule has 0 radical (unpaired) electrons. The van der Waals surface area contributed by atoms with Crippen molar-refractivity contribution in [1.82, 2.24) is 5.32 Å². The summed E-state index contributed by atoms with van der Waals surface area (Å²) < 4.78 is 0. The van der Waals surface area contributed by atoms with Crippen molar-refractivity contribution in [2.45, 2.75) is 52.2 Å². The van der Waals surface area contributed by atoms with Crippen molar-refractivity contribution in [3.63, 3.8) is 0 Å². The van der Waals surface area contributed by atoms with Crippen molar-refractivity contribution >= 4 is 0 Å². The van der Waals surface area contributed by atoms with Gasteiger partial charge in [-0.3, -0.25) is 0 Å². The lowest BCUT2D eigenvalue weighted by Crippen LogP contribution is -2.34. The molecule has 0 aliphatic rings. The lowest BCUT2D eigenvalue weighted by Gasteiger charge is -2.29. The summed E-state index contributed by atoms with van der Waals surface area (Å²) in [4.78, 5) is 0. The molecule has 0 aromatic heterocycles. The average Bonchev–Trinajstić information content (AvgIpc) is 2.38. The molecule has 0 aliphatic carbocycles. The second kappa shape index (κ2) is 8.09. The summed E-state index contributed by atoms with van der Waals surface area (Å²) in [7, 11) is 0. The van der Waals surface area contributed by atoms with Crippen LogP contribution in [0.25, 0.3) is 0 Å². The van der Waals surface area contributed by atoms with Crippen LogP contribution in [0.2, 0.25) is 0 Å². The monoisotopic (exact) mass is 273 g/mol. The van der Waals surface area contributed by atoms with Gasteiger partial charge in [-0.25, -0.2) is 0 Å². The van der Waals surface area contributed by atoms with Gasteiger partial charge in [0.15, 0.2) is 0 Å². The summed E-state index contributed by atoms with van der Waals surface area (Å²) >= 11 is 0. The molecule has 0 fully saturated rings. The second-order valence-electron chi connectivity index (χ2n) is 6.30. The van der Waals surface area contributed by atoms with Crippen molar-refractivity contribution in [2.75, 3.05) is 6.54 Å². The quantitative estimate of drug-likeness (QED) is 0.710. The minimum absolute atomic E-state index is 0.0668. The Morgan fingerprint density at radius 1 is 1.30 bits per heavy atom. The number of aliphatic hydroxyl groups is 1. The van der Waals surface area contributed by atoms with E-state index in [0.717, 1.165) is 25.8 Å². The molecular weight excluding hydrogens is 246 g/mol. The van der Waals surface area contributed by atoms with Crippen LogP contribution in [0.4, 0.5) is 0 Å². The van der Waals surface area contributed by atoms with Gasteiger partial charge in [-0.05, 0) is 30.7 Å². The highest BCUT2D eigenvalue weighted by Crippen LogP contribution is 2.24. The zero-order chi connectivity index (χ0) is 15.0. The number of aliphatic hydroxyl groups excluding tert-OH is 1. The maximum absolute atomic E-state index is 9.56. The summed E-state index contributed by atoms with van der Waals surface area (Å²) in [5, 5.41) is 13.2. The molecule has 0 saturated heterocycles. The average molecular weight is 273 g/mol. The predicted molar refractivity (Wildman–Crippen MR) is 85.3 cm³/mol. The number of terminal acetylenes is 1. The Hall–Kier alpha value is -1.30. The minimum Gasteiger partial charge on any atom is -0.393 e. The van der Waals surface area contributed by atoms with Crippen LogP contribution in [0, 0.1) is 17.8 Å². The van der Waals surface area contributed by atoms with Gasteiger partial charge in [0.2, 0.25) is 0 Å². The van der Waals surface area contributed by atoms with Crippen LogP contribution in [0.1, 0.15) is 51.6 Å². The van der Waals surface area contributed by atoms with Gasteiger partial charge in [-0.1, -0.05) is 44.2 Å². The zero-order valence-corrected chi connectivity index (χ0v) is 12.9. The van der Waals surface area contributed by atoms with Gasteiger partial charge in [0.25, 0.3) is 0 Å². The van der Waals surface area contributed by atoms with E-state index < -0.39 is 0 Å². The molecule has 2 unspecified atom stereocenters. The standard InChI is InChI=1S/C18H27NO/c1-5-6-12-17(16-10-8-7-9-11-16)19-14-18(3,4)13-15(2)20/h1,7-11,15,17,19-20H,6,12-14H2,2-4H3. The summed E-state index contributed by atoms with van der Waals surface area (Å²) in [5.74, 6) is 2.72. The molecule has 0 amide bonds. The summed E-state index contributed by atoms with van der Waals surface area (Å²) in [6.45, 7) is 7.06. The summed E-state index contributed by atoms with van der Waals surface area (Å²) in [6, 6.07) is 10.7. The molecule has 2 N–H and O–H groups in total. The molecule has 2 heteroatoms. The second-order valence-corrected chi connectivity index (χ2v) is 6.30. The lowest BCUT2D eigenvalue weighted by atomic mass is 9.86. The van der Waals surface area contributed by atoms with Crippen LogP contribution in [0.15, 0.2) is 30.3 Å². The fraction of sp³-hybridized carbons (Fsp3) is 0.556. The van der Waals surface area contributed by atoms with Crippen molar-refractivity contribution in [3.05, 3.63) is 35.9 Å². The number of benzene rings is 1. The fourth-order valence-electron chi connectivity index (χ4n) is 2.57. The van der Waals surface area contributed by atoms with E-state index in [9.17, 15) is 5.11 Å². The minimum atomic E-state index is -0.271. The molecule has 1 rings (SSSR count). The van der Waals surface area contributed by atoms with E-state index in [1.54, 1.807) is 0 Å². The molecule has 0 saturated carbocycles. The van der Waals surface area contributed by atoms with Gasteiger partial charge in [0, 0.05) is 19.0 Å².